The molecule has 0 spiro atoms. The standard InChI is InChI=1S/C46H90N2O6/c1-3-5-7-9-11-13-15-17-19-21-23-25-27-29-31-33-40-52-43-45(47-46(51)54-42-37-48(35-38-49)36-39-50)44-53-41-34-32-30-28-26-24-22-20-18-16-14-12-10-8-6-4-2/h17-20,45,49-50H,3-16,21-44H2,1-2H3,(H,47,51). The number of ether oxygens (including phenoxy) is 3. The van der Waals surface area contributed by atoms with Crippen molar-refractivity contribution < 1.29 is 29.2 Å². The minimum absolute atomic E-state index is 0.00303. The molecule has 0 bridgehead atoms. The number of hydrogen-bond acceptors (Lipinski definition) is 7. The number of allylic oxidation sites excluding steroid dienone is 4. The molecule has 3 N–H and O–H groups in total. The summed E-state index contributed by atoms with van der Waals surface area (Å²) in [6.45, 7) is 8.21. The number of aliphatic hydroxyl groups excluding tert-OH is 2. The molecule has 0 aliphatic heterocycles. The second-order valence-corrected chi connectivity index (χ2v) is 15.3. The molecule has 8 nitrogen and oxygen atoms in total. The van der Waals surface area contributed by atoms with Crippen LogP contribution in [-0.2, 0) is 14.2 Å². The molecule has 8 heteroatoms. The Hall–Kier alpha value is -1.45. The van der Waals surface area contributed by atoms with Gasteiger partial charge in [0.25, 0.3) is 0 Å². The number of amides is 1. The van der Waals surface area contributed by atoms with E-state index in [1.54, 1.807) is 0 Å². The zero-order valence-corrected chi connectivity index (χ0v) is 35.7. The Kier molecular flexibility index (Phi) is 44.7. The molecule has 54 heavy (non-hydrogen) atoms. The summed E-state index contributed by atoms with van der Waals surface area (Å²) in [4.78, 5) is 14.4. The summed E-state index contributed by atoms with van der Waals surface area (Å²) >= 11 is 0. The Bertz CT molecular complexity index is 743. The monoisotopic (exact) mass is 767 g/mol. The lowest BCUT2D eigenvalue weighted by Crippen LogP contribution is -2.43. The second-order valence-electron chi connectivity index (χ2n) is 15.3. The molecule has 0 heterocycles. The quantitative estimate of drug-likeness (QED) is 0.0419. The van der Waals surface area contributed by atoms with Gasteiger partial charge in [-0.25, -0.2) is 4.79 Å². The molecule has 1 amide bonds. The normalized spacial score (nSPS) is 12.5. The summed E-state index contributed by atoms with van der Waals surface area (Å²) < 4.78 is 17.4. The number of nitrogens with zero attached hydrogens (tertiary/aromatic N) is 1. The van der Waals surface area contributed by atoms with Gasteiger partial charge in [0.15, 0.2) is 0 Å². The molecular formula is C46H90N2O6. The molecule has 0 aliphatic carbocycles. The van der Waals surface area contributed by atoms with Crippen LogP contribution in [0, 0.1) is 0 Å². The Morgan fingerprint density at radius 3 is 1.22 bits per heavy atom. The first-order valence-electron chi connectivity index (χ1n) is 23.0. The van der Waals surface area contributed by atoms with Crippen LogP contribution in [0.25, 0.3) is 0 Å². The van der Waals surface area contributed by atoms with Gasteiger partial charge in [0.2, 0.25) is 0 Å². The highest BCUT2D eigenvalue weighted by molar-refractivity contribution is 5.67. The molecule has 0 atom stereocenters. The van der Waals surface area contributed by atoms with Crippen LogP contribution in [0.15, 0.2) is 24.3 Å². The molecule has 0 radical (unpaired) electrons. The van der Waals surface area contributed by atoms with Crippen LogP contribution >= 0.6 is 0 Å². The van der Waals surface area contributed by atoms with Gasteiger partial charge in [0.05, 0.1) is 32.5 Å². The number of unbranched alkanes of at least 4 members (excludes halogenated alkanes) is 24. The van der Waals surface area contributed by atoms with E-state index in [1.165, 1.54) is 167 Å². The van der Waals surface area contributed by atoms with E-state index in [0.717, 1.165) is 12.8 Å². The molecule has 320 valence electrons. The summed E-state index contributed by atoms with van der Waals surface area (Å²) in [6.07, 6.45) is 44.9. The van der Waals surface area contributed by atoms with Crippen molar-refractivity contribution >= 4 is 6.09 Å². The highest BCUT2D eigenvalue weighted by atomic mass is 16.6. The van der Waals surface area contributed by atoms with Crippen LogP contribution in [0.4, 0.5) is 4.79 Å². The molecule has 0 aromatic heterocycles. The van der Waals surface area contributed by atoms with Crippen LogP contribution in [0.3, 0.4) is 0 Å². The fourth-order valence-corrected chi connectivity index (χ4v) is 6.58. The largest absolute Gasteiger partial charge is 0.448 e. The molecule has 0 aromatic carbocycles. The van der Waals surface area contributed by atoms with Gasteiger partial charge in [-0.2, -0.15) is 0 Å². The van der Waals surface area contributed by atoms with E-state index in [2.05, 4.69) is 43.5 Å². The molecular weight excluding hydrogens is 677 g/mol. The Morgan fingerprint density at radius 2 is 0.852 bits per heavy atom. The first-order chi connectivity index (χ1) is 26.7. The van der Waals surface area contributed by atoms with Gasteiger partial charge in [-0.15, -0.1) is 0 Å². The zero-order chi connectivity index (χ0) is 39.3. The number of carbonyl (C=O) groups is 1. The Morgan fingerprint density at radius 1 is 0.500 bits per heavy atom. The molecule has 0 saturated carbocycles. The van der Waals surface area contributed by atoms with Crippen LogP contribution < -0.4 is 5.32 Å². The van der Waals surface area contributed by atoms with Crippen molar-refractivity contribution in [3.05, 3.63) is 24.3 Å². The summed E-state index contributed by atoms with van der Waals surface area (Å²) in [7, 11) is 0. The molecule has 0 aromatic rings. The van der Waals surface area contributed by atoms with Gasteiger partial charge in [-0.3, -0.25) is 4.90 Å². The minimum atomic E-state index is -0.491. The number of aliphatic hydroxyl groups is 2. The average molecular weight is 767 g/mol. The highest BCUT2D eigenvalue weighted by Crippen LogP contribution is 2.12. The van der Waals surface area contributed by atoms with Crippen molar-refractivity contribution in [2.24, 2.45) is 0 Å². The third kappa shape index (κ3) is 41.7. The van der Waals surface area contributed by atoms with E-state index < -0.39 is 6.09 Å². The smallest absolute Gasteiger partial charge is 0.407 e. The SMILES string of the molecule is CCCCCCCCC=CCCCCCCCCOCC(COCCCCCCCCC=CCCCCCCCC)NC(=O)OCCN(CCO)CCO. The predicted octanol–water partition coefficient (Wildman–Crippen LogP) is 11.5. The molecule has 0 aliphatic rings. The van der Waals surface area contributed by atoms with Crippen LogP contribution in [0.5, 0.6) is 0 Å². The van der Waals surface area contributed by atoms with Crippen molar-refractivity contribution in [1.82, 2.24) is 10.2 Å². The minimum Gasteiger partial charge on any atom is -0.448 e. The van der Waals surface area contributed by atoms with Crippen molar-refractivity contribution in [2.45, 2.75) is 200 Å². The third-order valence-electron chi connectivity index (χ3n) is 10.0. The Balaban J connectivity index is 4.12. The van der Waals surface area contributed by atoms with Gasteiger partial charge in [0.1, 0.15) is 6.61 Å². The maximum Gasteiger partial charge on any atom is 0.407 e. The molecule has 0 fully saturated rings. The molecule has 0 rings (SSSR count). The van der Waals surface area contributed by atoms with E-state index in [1.807, 2.05) is 4.90 Å². The van der Waals surface area contributed by atoms with Crippen molar-refractivity contribution in [3.8, 4) is 0 Å². The average Bonchev–Trinajstić information content (AvgIpc) is 3.17. The molecule has 0 unspecified atom stereocenters. The van der Waals surface area contributed by atoms with Crippen molar-refractivity contribution in [1.29, 1.82) is 0 Å². The topological polar surface area (TPSA) is 100 Å². The van der Waals surface area contributed by atoms with Crippen molar-refractivity contribution in [2.75, 3.05) is 65.9 Å². The van der Waals surface area contributed by atoms with Crippen LogP contribution in [0.1, 0.15) is 194 Å². The van der Waals surface area contributed by atoms with Gasteiger partial charge in [-0.1, -0.05) is 154 Å². The fraction of sp³-hybridized carbons (Fsp3) is 0.891. The van der Waals surface area contributed by atoms with Crippen molar-refractivity contribution in [3.63, 3.8) is 0 Å². The third-order valence-corrected chi connectivity index (χ3v) is 10.0. The lowest BCUT2D eigenvalue weighted by Gasteiger charge is -2.21. The predicted molar refractivity (Wildman–Crippen MR) is 229 cm³/mol. The van der Waals surface area contributed by atoms with Crippen LogP contribution in [-0.4, -0.2) is 93.1 Å². The first-order valence-corrected chi connectivity index (χ1v) is 23.0. The lowest BCUT2D eigenvalue weighted by atomic mass is 10.1. The maximum atomic E-state index is 12.6. The summed E-state index contributed by atoms with van der Waals surface area (Å²) in [5.41, 5.74) is 0. The van der Waals surface area contributed by atoms with E-state index in [0.29, 0.717) is 46.1 Å². The van der Waals surface area contributed by atoms with E-state index in [-0.39, 0.29) is 25.9 Å². The number of rotatable bonds is 44. The van der Waals surface area contributed by atoms with Crippen LogP contribution in [0.2, 0.25) is 0 Å². The van der Waals surface area contributed by atoms with E-state index in [9.17, 15) is 15.0 Å². The van der Waals surface area contributed by atoms with Gasteiger partial charge in [-0.05, 0) is 64.2 Å². The number of alkyl carbamates (subject to hydrolysis) is 1. The number of nitrogens with one attached hydrogen (secondary N) is 1. The highest BCUT2D eigenvalue weighted by Gasteiger charge is 2.15. The number of hydrogen-bond donors (Lipinski definition) is 3. The Labute approximate surface area is 334 Å². The van der Waals surface area contributed by atoms with E-state index in [4.69, 9.17) is 14.2 Å². The van der Waals surface area contributed by atoms with E-state index >= 15 is 0 Å². The maximum absolute atomic E-state index is 12.6. The van der Waals surface area contributed by atoms with Gasteiger partial charge < -0.3 is 29.7 Å². The number of carbonyl (C=O) groups excluding carboxylic acids is 1. The molecule has 0 saturated heterocycles. The second kappa shape index (κ2) is 45.9. The van der Waals surface area contributed by atoms with Gasteiger partial charge in [0, 0.05) is 32.8 Å². The lowest BCUT2D eigenvalue weighted by molar-refractivity contribution is 0.0476. The summed E-state index contributed by atoms with van der Waals surface area (Å²) in [5.74, 6) is 0. The summed E-state index contributed by atoms with van der Waals surface area (Å²) in [5, 5.41) is 21.3. The first kappa shape index (κ1) is 52.6. The zero-order valence-electron chi connectivity index (χ0n) is 35.7. The summed E-state index contributed by atoms with van der Waals surface area (Å²) in [6, 6.07) is -0.272. The van der Waals surface area contributed by atoms with Gasteiger partial charge >= 0.3 is 6.09 Å². The fourth-order valence-electron chi connectivity index (χ4n) is 6.58.